The number of carbonyl (C=O) groups excluding carboxylic acids is 2. The molecule has 0 aliphatic rings. The first kappa shape index (κ1) is 15.4. The van der Waals surface area contributed by atoms with Crippen molar-refractivity contribution in [2.45, 2.75) is 45.4 Å². The summed E-state index contributed by atoms with van der Waals surface area (Å²) in [6.07, 6.45) is 4.65. The summed E-state index contributed by atoms with van der Waals surface area (Å²) in [5.74, 6) is -0.173. The Hall–Kier alpha value is -1.64. The van der Waals surface area contributed by atoms with E-state index in [9.17, 15) is 9.59 Å². The van der Waals surface area contributed by atoms with Crippen LogP contribution in [0.4, 0.5) is 0 Å². The number of benzene rings is 1. The molecule has 1 aromatic rings. The smallest absolute Gasteiger partial charge is 0.305 e. The van der Waals surface area contributed by atoms with Gasteiger partial charge in [0.2, 0.25) is 0 Å². The normalized spacial score (nSPS) is 10.2. The maximum absolute atomic E-state index is 11.9. The second-order valence-corrected chi connectivity index (χ2v) is 4.65. The molecule has 0 radical (unpaired) electrons. The van der Waals surface area contributed by atoms with Gasteiger partial charge in [-0.05, 0) is 24.8 Å². The fourth-order valence-electron chi connectivity index (χ4n) is 1.88. The Morgan fingerprint density at radius 3 is 2.32 bits per heavy atom. The molecule has 0 unspecified atom stereocenters. The van der Waals surface area contributed by atoms with Crippen LogP contribution < -0.4 is 0 Å². The van der Waals surface area contributed by atoms with Gasteiger partial charge in [-0.1, -0.05) is 37.6 Å². The number of Topliss-reactive ketones (excluding diaryl/α,β-unsaturated/α-hetero) is 1. The number of ether oxygens (including phenoxy) is 1. The van der Waals surface area contributed by atoms with Gasteiger partial charge in [0.15, 0.2) is 5.78 Å². The molecule has 0 aliphatic carbocycles. The van der Waals surface area contributed by atoms with Gasteiger partial charge in [-0.15, -0.1) is 0 Å². The lowest BCUT2D eigenvalue weighted by atomic mass is 10.0. The predicted molar refractivity (Wildman–Crippen MR) is 75.3 cm³/mol. The summed E-state index contributed by atoms with van der Waals surface area (Å²) in [7, 11) is 1.36. The maximum atomic E-state index is 11.9. The maximum Gasteiger partial charge on any atom is 0.305 e. The number of esters is 1. The van der Waals surface area contributed by atoms with Gasteiger partial charge in [0.1, 0.15) is 0 Å². The van der Waals surface area contributed by atoms with Crippen LogP contribution in [0.5, 0.6) is 0 Å². The van der Waals surface area contributed by atoms with Crippen molar-refractivity contribution in [2.24, 2.45) is 0 Å². The molecule has 1 rings (SSSR count). The monoisotopic (exact) mass is 262 g/mol. The molecule has 0 saturated heterocycles. The zero-order valence-electron chi connectivity index (χ0n) is 11.8. The molecule has 104 valence electrons. The van der Waals surface area contributed by atoms with Crippen molar-refractivity contribution in [3.63, 3.8) is 0 Å². The van der Waals surface area contributed by atoms with Crippen LogP contribution in [0.2, 0.25) is 0 Å². The third-order valence-electron chi connectivity index (χ3n) is 3.11. The van der Waals surface area contributed by atoms with Crippen LogP contribution in [0.25, 0.3) is 0 Å². The van der Waals surface area contributed by atoms with Crippen LogP contribution in [-0.4, -0.2) is 18.9 Å². The average molecular weight is 262 g/mol. The van der Waals surface area contributed by atoms with E-state index in [2.05, 4.69) is 11.7 Å². The van der Waals surface area contributed by atoms with Crippen LogP contribution in [-0.2, 0) is 16.0 Å². The van der Waals surface area contributed by atoms with Gasteiger partial charge in [-0.2, -0.15) is 0 Å². The van der Waals surface area contributed by atoms with Crippen molar-refractivity contribution in [1.82, 2.24) is 0 Å². The first-order valence-electron chi connectivity index (χ1n) is 6.86. The van der Waals surface area contributed by atoms with E-state index >= 15 is 0 Å². The Balaban J connectivity index is 2.42. The number of unbranched alkanes of at least 4 members (excludes halogenated alkanes) is 1. The van der Waals surface area contributed by atoms with E-state index in [1.165, 1.54) is 25.5 Å². The lowest BCUT2D eigenvalue weighted by Crippen LogP contribution is -2.03. The topological polar surface area (TPSA) is 43.4 Å². The highest BCUT2D eigenvalue weighted by atomic mass is 16.5. The van der Waals surface area contributed by atoms with Gasteiger partial charge < -0.3 is 4.74 Å². The highest BCUT2D eigenvalue weighted by Crippen LogP contribution is 2.11. The fourth-order valence-corrected chi connectivity index (χ4v) is 1.88. The number of aryl methyl sites for hydroxylation is 1. The Kier molecular flexibility index (Phi) is 6.86. The van der Waals surface area contributed by atoms with Crippen LogP contribution in [0.15, 0.2) is 24.3 Å². The zero-order chi connectivity index (χ0) is 14.1. The highest BCUT2D eigenvalue weighted by Gasteiger charge is 2.07. The second-order valence-electron chi connectivity index (χ2n) is 4.65. The number of hydrogen-bond donors (Lipinski definition) is 0. The third-order valence-corrected chi connectivity index (χ3v) is 3.11. The number of carbonyl (C=O) groups is 2. The van der Waals surface area contributed by atoms with Gasteiger partial charge in [-0.3, -0.25) is 9.59 Å². The summed E-state index contributed by atoms with van der Waals surface area (Å²) in [5.41, 5.74) is 2.00. The van der Waals surface area contributed by atoms with E-state index in [0.717, 1.165) is 12.0 Å². The van der Waals surface area contributed by atoms with E-state index in [0.29, 0.717) is 19.3 Å². The van der Waals surface area contributed by atoms with Gasteiger partial charge >= 0.3 is 5.97 Å². The molecule has 0 N–H and O–H groups in total. The Morgan fingerprint density at radius 1 is 1.05 bits per heavy atom. The molecule has 3 heteroatoms. The molecule has 0 bridgehead atoms. The average Bonchev–Trinajstić information content (AvgIpc) is 2.45. The highest BCUT2D eigenvalue weighted by molar-refractivity contribution is 5.96. The minimum atomic E-state index is -0.261. The number of hydrogen-bond acceptors (Lipinski definition) is 3. The number of ketones is 1. The number of methoxy groups -OCH3 is 1. The van der Waals surface area contributed by atoms with Crippen LogP contribution in [0, 0.1) is 0 Å². The van der Waals surface area contributed by atoms with Crippen molar-refractivity contribution in [3.8, 4) is 0 Å². The minimum Gasteiger partial charge on any atom is -0.469 e. The molecule has 1 aromatic carbocycles. The fraction of sp³-hybridized carbons (Fsp3) is 0.500. The molecule has 0 atom stereocenters. The standard InChI is InChI=1S/C16H22O3/c1-3-4-6-13-9-11-14(12-10-13)15(17)7-5-8-16(18)19-2/h9-12H,3-8H2,1-2H3. The van der Waals surface area contributed by atoms with Crippen molar-refractivity contribution < 1.29 is 14.3 Å². The molecule has 0 aromatic heterocycles. The van der Waals surface area contributed by atoms with E-state index in [4.69, 9.17) is 0 Å². The quantitative estimate of drug-likeness (QED) is 0.531. The van der Waals surface area contributed by atoms with Crippen molar-refractivity contribution in [2.75, 3.05) is 7.11 Å². The summed E-state index contributed by atoms with van der Waals surface area (Å²) in [5, 5.41) is 0. The molecule has 19 heavy (non-hydrogen) atoms. The minimum absolute atomic E-state index is 0.0888. The summed E-state index contributed by atoms with van der Waals surface area (Å²) in [6.45, 7) is 2.17. The number of rotatable bonds is 8. The van der Waals surface area contributed by atoms with Crippen molar-refractivity contribution >= 4 is 11.8 Å². The van der Waals surface area contributed by atoms with E-state index < -0.39 is 0 Å². The van der Waals surface area contributed by atoms with Gasteiger partial charge in [0.25, 0.3) is 0 Å². The van der Waals surface area contributed by atoms with Crippen LogP contribution >= 0.6 is 0 Å². The third kappa shape index (κ3) is 5.69. The molecule has 3 nitrogen and oxygen atoms in total. The van der Waals surface area contributed by atoms with Crippen LogP contribution in [0.1, 0.15) is 54.9 Å². The first-order valence-corrected chi connectivity index (χ1v) is 6.86. The zero-order valence-corrected chi connectivity index (χ0v) is 11.8. The molecule has 0 fully saturated rings. The molecular weight excluding hydrogens is 240 g/mol. The summed E-state index contributed by atoms with van der Waals surface area (Å²) >= 11 is 0. The largest absolute Gasteiger partial charge is 0.469 e. The van der Waals surface area contributed by atoms with E-state index in [1.807, 2.05) is 24.3 Å². The second kappa shape index (κ2) is 8.46. The van der Waals surface area contributed by atoms with Gasteiger partial charge in [0.05, 0.1) is 7.11 Å². The lowest BCUT2D eigenvalue weighted by molar-refractivity contribution is -0.140. The Bertz CT molecular complexity index is 407. The SMILES string of the molecule is CCCCc1ccc(C(=O)CCCC(=O)OC)cc1. The van der Waals surface area contributed by atoms with E-state index in [1.54, 1.807) is 0 Å². The van der Waals surface area contributed by atoms with Gasteiger partial charge in [-0.25, -0.2) is 0 Å². The Labute approximate surface area is 115 Å². The molecule has 0 aliphatic heterocycles. The van der Waals surface area contributed by atoms with Crippen molar-refractivity contribution in [3.05, 3.63) is 35.4 Å². The van der Waals surface area contributed by atoms with Crippen molar-refractivity contribution in [1.29, 1.82) is 0 Å². The van der Waals surface area contributed by atoms with Crippen LogP contribution in [0.3, 0.4) is 0 Å². The summed E-state index contributed by atoms with van der Waals surface area (Å²) in [6, 6.07) is 7.79. The molecular formula is C16H22O3. The predicted octanol–water partition coefficient (Wildman–Crippen LogP) is 3.56. The first-order chi connectivity index (χ1) is 9.17. The summed E-state index contributed by atoms with van der Waals surface area (Å²) in [4.78, 5) is 22.8. The van der Waals surface area contributed by atoms with Gasteiger partial charge in [0, 0.05) is 18.4 Å². The molecule has 0 spiro atoms. The Morgan fingerprint density at radius 2 is 1.74 bits per heavy atom. The van der Waals surface area contributed by atoms with E-state index in [-0.39, 0.29) is 11.8 Å². The molecule has 0 heterocycles. The molecule has 0 saturated carbocycles. The lowest BCUT2D eigenvalue weighted by Gasteiger charge is -2.03. The molecule has 0 amide bonds. The summed E-state index contributed by atoms with van der Waals surface area (Å²) < 4.78 is 4.54.